The van der Waals surface area contributed by atoms with Crippen molar-refractivity contribution in [1.29, 1.82) is 0 Å². The number of hydrogen-bond donors (Lipinski definition) is 2. The molecule has 1 amide bonds. The lowest BCUT2D eigenvalue weighted by Gasteiger charge is -2.28. The summed E-state index contributed by atoms with van der Waals surface area (Å²) in [5, 5.41) is 9.54. The van der Waals surface area contributed by atoms with Gasteiger partial charge >= 0.3 is 5.97 Å². The van der Waals surface area contributed by atoms with Gasteiger partial charge in [0.1, 0.15) is 6.04 Å². The van der Waals surface area contributed by atoms with Gasteiger partial charge in [0.25, 0.3) is 12.3 Å². The Labute approximate surface area is 160 Å². The first kappa shape index (κ1) is 19.7. The number of esters is 1. The van der Waals surface area contributed by atoms with Crippen LogP contribution in [0.15, 0.2) is 18.2 Å². The lowest BCUT2D eigenvalue weighted by atomic mass is 10.1. The van der Waals surface area contributed by atoms with Crippen LogP contribution >= 0.6 is 0 Å². The first-order chi connectivity index (χ1) is 13.3. The van der Waals surface area contributed by atoms with Crippen molar-refractivity contribution in [1.82, 2.24) is 14.8 Å². The van der Waals surface area contributed by atoms with Crippen LogP contribution in [0.4, 0.5) is 20.4 Å². The first-order valence-corrected chi connectivity index (χ1v) is 8.90. The Hall–Kier alpha value is -3.04. The summed E-state index contributed by atoms with van der Waals surface area (Å²) in [7, 11) is 0. The number of rotatable bonds is 5. The molecule has 0 saturated carbocycles. The van der Waals surface area contributed by atoms with Gasteiger partial charge in [0.15, 0.2) is 0 Å². The van der Waals surface area contributed by atoms with Crippen LogP contribution in [0.3, 0.4) is 0 Å². The highest BCUT2D eigenvalue weighted by Crippen LogP contribution is 2.30. The summed E-state index contributed by atoms with van der Waals surface area (Å²) in [6, 6.07) is 3.40. The van der Waals surface area contributed by atoms with Crippen molar-refractivity contribution in [3.05, 3.63) is 35.2 Å². The molecule has 0 radical (unpaired) electrons. The van der Waals surface area contributed by atoms with E-state index in [4.69, 9.17) is 4.74 Å². The van der Waals surface area contributed by atoms with E-state index in [1.165, 1.54) is 6.07 Å². The molecule has 8 nitrogen and oxygen atoms in total. The molecule has 2 N–H and O–H groups in total. The second kappa shape index (κ2) is 7.91. The number of hydrogen-bond acceptors (Lipinski definition) is 6. The van der Waals surface area contributed by atoms with Crippen molar-refractivity contribution in [3.8, 4) is 0 Å². The Kier molecular flexibility index (Phi) is 5.57. The van der Waals surface area contributed by atoms with E-state index >= 15 is 0 Å². The van der Waals surface area contributed by atoms with Crippen LogP contribution < -0.4 is 10.6 Å². The number of anilines is 2. The van der Waals surface area contributed by atoms with Crippen molar-refractivity contribution >= 4 is 23.5 Å². The van der Waals surface area contributed by atoms with Gasteiger partial charge in [-0.05, 0) is 44.9 Å². The maximum atomic E-state index is 13.3. The molecule has 1 aliphatic rings. The molecule has 0 fully saturated rings. The molecule has 1 aliphatic heterocycles. The minimum absolute atomic E-state index is 0.131. The summed E-state index contributed by atoms with van der Waals surface area (Å²) in [6.45, 7) is 5.45. The average Bonchev–Trinajstić information content (AvgIpc) is 3.06. The highest BCUT2D eigenvalue weighted by molar-refractivity contribution is 6.03. The minimum atomic E-state index is -2.62. The topological polar surface area (TPSA) is 98.1 Å². The summed E-state index contributed by atoms with van der Waals surface area (Å²) in [4.78, 5) is 28.5. The molecule has 28 heavy (non-hydrogen) atoms. The number of nitrogens with one attached hydrogen (secondary N) is 2. The molecule has 2 heterocycles. The fourth-order valence-corrected chi connectivity index (χ4v) is 2.98. The number of fused-ring (bicyclic) bond motifs is 1. The van der Waals surface area contributed by atoms with Gasteiger partial charge in [-0.15, -0.1) is 5.10 Å². The third-order valence-corrected chi connectivity index (χ3v) is 4.41. The Morgan fingerprint density at radius 2 is 2.18 bits per heavy atom. The molecular weight excluding hydrogens is 372 g/mol. The molecular formula is C18H21F2N5O3. The van der Waals surface area contributed by atoms with Crippen LogP contribution in [0.1, 0.15) is 52.9 Å². The monoisotopic (exact) mass is 393 g/mol. The van der Waals surface area contributed by atoms with Crippen LogP contribution in [0, 0.1) is 6.92 Å². The average molecular weight is 393 g/mol. The third-order valence-electron chi connectivity index (χ3n) is 4.41. The second-order valence-electron chi connectivity index (χ2n) is 6.59. The minimum Gasteiger partial charge on any atom is -0.462 e. The van der Waals surface area contributed by atoms with Gasteiger partial charge in [0.05, 0.1) is 12.2 Å². The number of aryl methyl sites for hydroxylation is 1. The highest BCUT2D eigenvalue weighted by Gasteiger charge is 2.34. The number of carbonyl (C=O) groups excluding carboxylic acids is 2. The predicted octanol–water partition coefficient (Wildman–Crippen LogP) is 3.03. The molecule has 10 heteroatoms. The summed E-state index contributed by atoms with van der Waals surface area (Å²) in [6.07, 6.45) is -2.44. The third kappa shape index (κ3) is 3.95. The van der Waals surface area contributed by atoms with E-state index in [0.717, 1.165) is 4.68 Å². The van der Waals surface area contributed by atoms with Crippen molar-refractivity contribution in [2.45, 2.75) is 45.7 Å². The number of ether oxygens (including phenoxy) is 1. The molecule has 150 valence electrons. The van der Waals surface area contributed by atoms with Crippen LogP contribution in [-0.4, -0.2) is 45.7 Å². The number of halogens is 2. The van der Waals surface area contributed by atoms with Crippen molar-refractivity contribution in [3.63, 3.8) is 0 Å². The Bertz CT molecular complexity index is 899. The lowest BCUT2D eigenvalue weighted by molar-refractivity contribution is 0.0526. The number of aromatic nitrogens is 3. The molecule has 1 aromatic heterocycles. The van der Waals surface area contributed by atoms with Gasteiger partial charge < -0.3 is 15.4 Å². The molecule has 0 saturated heterocycles. The van der Waals surface area contributed by atoms with Gasteiger partial charge in [-0.25, -0.2) is 18.3 Å². The fourth-order valence-electron chi connectivity index (χ4n) is 2.98. The van der Waals surface area contributed by atoms with Gasteiger partial charge in [-0.2, -0.15) is 4.98 Å². The van der Waals surface area contributed by atoms with Crippen LogP contribution in [-0.2, 0) is 4.74 Å². The Morgan fingerprint density at radius 3 is 2.86 bits per heavy atom. The Balaban J connectivity index is 1.84. The van der Waals surface area contributed by atoms with E-state index in [1.807, 2.05) is 0 Å². The SMILES string of the molecule is CCOC(=O)c1ccc(C)c(NC(=O)c2nc3n(n2)C(C(F)F)CC(C)N3)c1. The smallest absolute Gasteiger partial charge is 0.338 e. The summed E-state index contributed by atoms with van der Waals surface area (Å²) < 4.78 is 32.6. The van der Waals surface area contributed by atoms with Crippen LogP contribution in [0.25, 0.3) is 0 Å². The number of carbonyl (C=O) groups is 2. The lowest BCUT2D eigenvalue weighted by Crippen LogP contribution is -2.33. The van der Waals surface area contributed by atoms with Crippen molar-refractivity contribution in [2.24, 2.45) is 0 Å². The van der Waals surface area contributed by atoms with E-state index in [2.05, 4.69) is 20.7 Å². The highest BCUT2D eigenvalue weighted by atomic mass is 19.3. The van der Waals surface area contributed by atoms with E-state index < -0.39 is 24.3 Å². The van der Waals surface area contributed by atoms with Gasteiger partial charge in [0, 0.05) is 11.7 Å². The molecule has 1 aromatic carbocycles. The molecule has 2 atom stereocenters. The standard InChI is InChI=1S/C18H21F2N5O3/c1-4-28-17(27)11-6-5-9(2)12(8-11)22-16(26)15-23-18-21-10(3)7-13(14(19)20)25(18)24-15/h5-6,8,10,13-14H,4,7H2,1-3H3,(H,22,26)(H,21,23,24). The zero-order valence-corrected chi connectivity index (χ0v) is 15.7. The quantitative estimate of drug-likeness (QED) is 0.758. The van der Waals surface area contributed by atoms with Crippen molar-refractivity contribution in [2.75, 3.05) is 17.2 Å². The van der Waals surface area contributed by atoms with Gasteiger partial charge in [-0.3, -0.25) is 4.79 Å². The molecule has 0 spiro atoms. The zero-order chi connectivity index (χ0) is 20.4. The number of benzene rings is 1. The maximum Gasteiger partial charge on any atom is 0.338 e. The molecule has 2 unspecified atom stereocenters. The second-order valence-corrected chi connectivity index (χ2v) is 6.59. The van der Waals surface area contributed by atoms with E-state index in [9.17, 15) is 18.4 Å². The predicted molar refractivity (Wildman–Crippen MR) is 97.9 cm³/mol. The summed E-state index contributed by atoms with van der Waals surface area (Å²) in [5.41, 5.74) is 1.38. The first-order valence-electron chi connectivity index (χ1n) is 8.90. The van der Waals surface area contributed by atoms with Gasteiger partial charge in [0.2, 0.25) is 11.8 Å². The molecule has 2 aromatic rings. The zero-order valence-electron chi connectivity index (χ0n) is 15.7. The molecule has 3 rings (SSSR count). The Morgan fingerprint density at radius 1 is 1.43 bits per heavy atom. The number of alkyl halides is 2. The van der Waals surface area contributed by atoms with E-state index in [1.54, 1.807) is 32.9 Å². The van der Waals surface area contributed by atoms with Crippen LogP contribution in [0.5, 0.6) is 0 Å². The van der Waals surface area contributed by atoms with Crippen molar-refractivity contribution < 1.29 is 23.1 Å². The van der Waals surface area contributed by atoms with Crippen LogP contribution in [0.2, 0.25) is 0 Å². The summed E-state index contributed by atoms with van der Waals surface area (Å²) >= 11 is 0. The normalized spacial score (nSPS) is 18.4. The van der Waals surface area contributed by atoms with E-state index in [0.29, 0.717) is 11.3 Å². The molecule has 0 aliphatic carbocycles. The summed E-state index contributed by atoms with van der Waals surface area (Å²) in [5.74, 6) is -1.27. The maximum absolute atomic E-state index is 13.3. The van der Waals surface area contributed by atoms with Gasteiger partial charge in [-0.1, -0.05) is 6.07 Å². The molecule has 0 bridgehead atoms. The number of amides is 1. The largest absolute Gasteiger partial charge is 0.462 e. The van der Waals surface area contributed by atoms with E-state index in [-0.39, 0.29) is 36.4 Å². The number of nitrogens with zero attached hydrogens (tertiary/aromatic N) is 3. The fraction of sp³-hybridized carbons (Fsp3) is 0.444.